The number of hydrogen-bond donors (Lipinski definition) is 1. The van der Waals surface area contributed by atoms with Gasteiger partial charge in [-0.3, -0.25) is 9.69 Å². The zero-order chi connectivity index (χ0) is 15.8. The van der Waals surface area contributed by atoms with Crippen molar-refractivity contribution in [3.8, 4) is 0 Å². The highest BCUT2D eigenvalue weighted by molar-refractivity contribution is 7.14. The summed E-state index contributed by atoms with van der Waals surface area (Å²) in [7, 11) is 0. The molecule has 0 aromatic carbocycles. The molecule has 1 aromatic heterocycles. The van der Waals surface area contributed by atoms with Crippen molar-refractivity contribution in [3.63, 3.8) is 0 Å². The van der Waals surface area contributed by atoms with Gasteiger partial charge in [-0.2, -0.15) is 0 Å². The lowest BCUT2D eigenvalue weighted by molar-refractivity contribution is -0.143. The van der Waals surface area contributed by atoms with Gasteiger partial charge >= 0.3 is 6.03 Å². The molecule has 0 spiro atoms. The second-order valence-corrected chi connectivity index (χ2v) is 7.01. The summed E-state index contributed by atoms with van der Waals surface area (Å²) in [5, 5.41) is 5.31. The fourth-order valence-corrected chi connectivity index (χ4v) is 4.50. The van der Waals surface area contributed by atoms with Crippen LogP contribution in [0.15, 0.2) is 5.38 Å². The number of morpholine rings is 1. The van der Waals surface area contributed by atoms with Crippen molar-refractivity contribution in [3.05, 3.63) is 11.1 Å². The van der Waals surface area contributed by atoms with Crippen LogP contribution in [0.25, 0.3) is 0 Å². The van der Waals surface area contributed by atoms with Crippen LogP contribution in [-0.4, -0.2) is 60.2 Å². The molecule has 1 aliphatic carbocycles. The minimum absolute atomic E-state index is 0.112. The third kappa shape index (κ3) is 2.81. The normalized spacial score (nSPS) is 27.2. The third-order valence-corrected chi connectivity index (χ3v) is 5.67. The number of carbonyl (C=O) groups excluding carboxylic acids is 2. The van der Waals surface area contributed by atoms with Crippen LogP contribution in [-0.2, 0) is 16.0 Å². The standard InChI is InChI=1S/C15H20N4O3S/c20-13(18-6-7-22-12-3-1-2-11(12)18)8-10-9-23-15(17-10)19-5-4-16-14(19)21/h9,11-12H,1-8H2,(H,16,21)/t11-,12-/m0/s1. The Kier molecular flexibility index (Phi) is 3.94. The molecular weight excluding hydrogens is 316 g/mol. The molecule has 1 N–H and O–H groups in total. The lowest BCUT2D eigenvalue weighted by Gasteiger charge is -2.37. The van der Waals surface area contributed by atoms with Gasteiger partial charge in [0.25, 0.3) is 0 Å². The SMILES string of the molecule is O=C1NCCN1c1nc(CC(=O)N2CCO[C@H]3CCC[C@@H]32)cs1. The Morgan fingerprint density at radius 3 is 3.17 bits per heavy atom. The van der Waals surface area contributed by atoms with E-state index in [1.807, 2.05) is 10.3 Å². The number of rotatable bonds is 3. The molecule has 7 nitrogen and oxygen atoms in total. The fourth-order valence-electron chi connectivity index (χ4n) is 3.65. The van der Waals surface area contributed by atoms with Crippen molar-refractivity contribution in [1.82, 2.24) is 15.2 Å². The quantitative estimate of drug-likeness (QED) is 0.893. The highest BCUT2D eigenvalue weighted by atomic mass is 32.1. The zero-order valence-corrected chi connectivity index (χ0v) is 13.7. The summed E-state index contributed by atoms with van der Waals surface area (Å²) in [6.07, 6.45) is 3.73. The third-order valence-electron chi connectivity index (χ3n) is 4.76. The predicted molar refractivity (Wildman–Crippen MR) is 85.7 cm³/mol. The predicted octanol–water partition coefficient (Wildman–Crippen LogP) is 0.995. The highest BCUT2D eigenvalue weighted by Gasteiger charge is 2.38. The van der Waals surface area contributed by atoms with E-state index in [1.165, 1.54) is 11.3 Å². The average Bonchev–Trinajstić information content (AvgIpc) is 3.26. The largest absolute Gasteiger partial charge is 0.374 e. The lowest BCUT2D eigenvalue weighted by Crippen LogP contribution is -2.51. The van der Waals surface area contributed by atoms with Gasteiger partial charge in [-0.05, 0) is 19.3 Å². The average molecular weight is 336 g/mol. The van der Waals surface area contributed by atoms with Crippen LogP contribution in [0.1, 0.15) is 25.0 Å². The second kappa shape index (κ2) is 6.09. The number of anilines is 1. The smallest absolute Gasteiger partial charge is 0.323 e. The van der Waals surface area contributed by atoms with Crippen molar-refractivity contribution in [1.29, 1.82) is 0 Å². The monoisotopic (exact) mass is 336 g/mol. The number of nitrogens with zero attached hydrogens (tertiary/aromatic N) is 3. The first-order valence-electron chi connectivity index (χ1n) is 8.13. The van der Waals surface area contributed by atoms with E-state index in [0.717, 1.165) is 25.0 Å². The number of carbonyl (C=O) groups is 2. The van der Waals surface area contributed by atoms with Crippen molar-refractivity contribution < 1.29 is 14.3 Å². The van der Waals surface area contributed by atoms with Crippen LogP contribution >= 0.6 is 11.3 Å². The van der Waals surface area contributed by atoms with Gasteiger partial charge in [-0.1, -0.05) is 0 Å². The van der Waals surface area contributed by atoms with E-state index in [-0.39, 0.29) is 24.1 Å². The van der Waals surface area contributed by atoms with Crippen molar-refractivity contribution in [2.24, 2.45) is 0 Å². The molecule has 1 aromatic rings. The molecule has 1 saturated carbocycles. The van der Waals surface area contributed by atoms with Gasteiger partial charge in [-0.25, -0.2) is 9.78 Å². The van der Waals surface area contributed by atoms with Crippen molar-refractivity contribution >= 4 is 28.4 Å². The maximum absolute atomic E-state index is 12.6. The molecule has 124 valence electrons. The molecule has 2 aliphatic heterocycles. The molecule has 2 saturated heterocycles. The van der Waals surface area contributed by atoms with Crippen LogP contribution in [0.2, 0.25) is 0 Å². The van der Waals surface area contributed by atoms with E-state index in [0.29, 0.717) is 37.8 Å². The van der Waals surface area contributed by atoms with E-state index < -0.39 is 0 Å². The Balaban J connectivity index is 1.42. The first-order chi connectivity index (χ1) is 11.2. The number of aromatic nitrogens is 1. The van der Waals surface area contributed by atoms with E-state index >= 15 is 0 Å². The van der Waals surface area contributed by atoms with Crippen LogP contribution in [0.3, 0.4) is 0 Å². The molecule has 0 bridgehead atoms. The van der Waals surface area contributed by atoms with Gasteiger partial charge in [0.05, 0.1) is 30.9 Å². The first kappa shape index (κ1) is 14.9. The van der Waals surface area contributed by atoms with Gasteiger partial charge in [0, 0.05) is 25.0 Å². The van der Waals surface area contributed by atoms with E-state index in [2.05, 4.69) is 10.3 Å². The molecule has 4 rings (SSSR count). The van der Waals surface area contributed by atoms with Gasteiger partial charge in [0.1, 0.15) is 0 Å². The van der Waals surface area contributed by atoms with Gasteiger partial charge in [0.2, 0.25) is 5.91 Å². The van der Waals surface area contributed by atoms with Crippen LogP contribution in [0.4, 0.5) is 9.93 Å². The molecular formula is C15H20N4O3S. The summed E-state index contributed by atoms with van der Waals surface area (Å²) >= 11 is 1.42. The lowest BCUT2D eigenvalue weighted by atomic mass is 10.1. The number of fused-ring (bicyclic) bond motifs is 1. The second-order valence-electron chi connectivity index (χ2n) is 6.18. The molecule has 3 heterocycles. The van der Waals surface area contributed by atoms with Crippen LogP contribution in [0, 0.1) is 0 Å². The Morgan fingerprint density at radius 1 is 1.43 bits per heavy atom. The summed E-state index contributed by atoms with van der Waals surface area (Å²) in [5.41, 5.74) is 0.746. The summed E-state index contributed by atoms with van der Waals surface area (Å²) in [6, 6.07) is 0.123. The van der Waals surface area contributed by atoms with E-state index in [4.69, 9.17) is 4.74 Å². The molecule has 0 radical (unpaired) electrons. The molecule has 0 unspecified atom stereocenters. The first-order valence-corrected chi connectivity index (χ1v) is 9.01. The van der Waals surface area contributed by atoms with Crippen molar-refractivity contribution in [2.75, 3.05) is 31.1 Å². The molecule has 8 heteroatoms. The summed E-state index contributed by atoms with van der Waals surface area (Å²) < 4.78 is 5.76. The molecule has 3 amide bonds. The maximum atomic E-state index is 12.6. The number of amides is 3. The van der Waals surface area contributed by atoms with Gasteiger partial charge < -0.3 is 15.0 Å². The van der Waals surface area contributed by atoms with E-state index in [1.54, 1.807) is 4.90 Å². The Morgan fingerprint density at radius 2 is 2.35 bits per heavy atom. The Labute approximate surface area is 138 Å². The summed E-state index contributed by atoms with van der Waals surface area (Å²) in [4.78, 5) is 32.4. The molecule has 2 atom stereocenters. The van der Waals surface area contributed by atoms with Gasteiger partial charge in [0.15, 0.2) is 5.13 Å². The maximum Gasteiger partial charge on any atom is 0.323 e. The summed E-state index contributed by atoms with van der Waals surface area (Å²) in [5.74, 6) is 0.118. The van der Waals surface area contributed by atoms with Gasteiger partial charge in [-0.15, -0.1) is 11.3 Å². The van der Waals surface area contributed by atoms with Crippen molar-refractivity contribution in [2.45, 2.75) is 37.8 Å². The summed E-state index contributed by atoms with van der Waals surface area (Å²) in [6.45, 7) is 2.57. The minimum atomic E-state index is -0.112. The zero-order valence-electron chi connectivity index (χ0n) is 12.9. The Hall–Kier alpha value is -1.67. The minimum Gasteiger partial charge on any atom is -0.374 e. The molecule has 3 aliphatic rings. The Bertz CT molecular complexity index is 620. The molecule has 3 fully saturated rings. The number of thiazole rings is 1. The topological polar surface area (TPSA) is 74.8 Å². The van der Waals surface area contributed by atoms with Crippen LogP contribution in [0.5, 0.6) is 0 Å². The van der Waals surface area contributed by atoms with E-state index in [9.17, 15) is 9.59 Å². The number of ether oxygens (including phenoxy) is 1. The molecule has 23 heavy (non-hydrogen) atoms. The fraction of sp³-hybridized carbons (Fsp3) is 0.667. The highest BCUT2D eigenvalue weighted by Crippen LogP contribution is 2.30. The van der Waals surface area contributed by atoms with Crippen LogP contribution < -0.4 is 10.2 Å². The number of urea groups is 1. The number of nitrogens with one attached hydrogen (secondary N) is 1. The number of hydrogen-bond acceptors (Lipinski definition) is 5.